The van der Waals surface area contributed by atoms with Crippen LogP contribution in [0.5, 0.6) is 0 Å². The zero-order chi connectivity index (χ0) is 23.0. The van der Waals surface area contributed by atoms with E-state index in [0.29, 0.717) is 35.5 Å². The summed E-state index contributed by atoms with van der Waals surface area (Å²) in [6, 6.07) is 16.9. The van der Waals surface area contributed by atoms with Crippen LogP contribution < -0.4 is 9.62 Å². The Labute approximate surface area is 194 Å². The van der Waals surface area contributed by atoms with Crippen LogP contribution in [0.4, 0.5) is 11.4 Å². The van der Waals surface area contributed by atoms with E-state index in [0.717, 1.165) is 30.5 Å². The highest BCUT2D eigenvalue weighted by Gasteiger charge is 2.43. The van der Waals surface area contributed by atoms with Crippen molar-refractivity contribution in [1.82, 2.24) is 0 Å². The second-order valence-corrected chi connectivity index (χ2v) is 10.2. The van der Waals surface area contributed by atoms with Crippen LogP contribution in [0, 0.1) is 0 Å². The van der Waals surface area contributed by atoms with E-state index in [-0.39, 0.29) is 10.7 Å². The number of carbonyl (C=O) groups is 1. The van der Waals surface area contributed by atoms with Gasteiger partial charge < -0.3 is 9.73 Å². The molecule has 6 nitrogen and oxygen atoms in total. The summed E-state index contributed by atoms with van der Waals surface area (Å²) in [6.07, 6.45) is 5.16. The fraction of sp³-hybridized carbons (Fsp3) is 0.269. The SMILES string of the molecule is CCCc1ccc(S(=O)(=O)N2c3ccccc3NC3=C(C(=O)CCC3)C2c2ccco2)cc1. The van der Waals surface area contributed by atoms with E-state index >= 15 is 0 Å². The molecule has 1 aromatic heterocycles. The molecule has 1 atom stereocenters. The zero-order valence-corrected chi connectivity index (χ0v) is 19.3. The lowest BCUT2D eigenvalue weighted by atomic mass is 9.89. The zero-order valence-electron chi connectivity index (χ0n) is 18.5. The van der Waals surface area contributed by atoms with E-state index in [1.807, 2.05) is 24.3 Å². The second-order valence-electron chi connectivity index (χ2n) is 8.42. The van der Waals surface area contributed by atoms with Gasteiger partial charge >= 0.3 is 0 Å². The lowest BCUT2D eigenvalue weighted by Gasteiger charge is -2.33. The van der Waals surface area contributed by atoms with Gasteiger partial charge in [0.15, 0.2) is 5.78 Å². The van der Waals surface area contributed by atoms with E-state index in [4.69, 9.17) is 4.42 Å². The van der Waals surface area contributed by atoms with E-state index < -0.39 is 16.1 Å². The third-order valence-electron chi connectivity index (χ3n) is 6.22. The molecule has 2 heterocycles. The number of hydrogen-bond donors (Lipinski definition) is 1. The number of furan rings is 1. The Balaban J connectivity index is 1.75. The van der Waals surface area contributed by atoms with Crippen molar-refractivity contribution in [2.24, 2.45) is 0 Å². The minimum absolute atomic E-state index is 0.0588. The highest BCUT2D eigenvalue weighted by Crippen LogP contribution is 2.47. The van der Waals surface area contributed by atoms with Gasteiger partial charge in [-0.25, -0.2) is 12.7 Å². The number of Topliss-reactive ketones (excluding diaryl/α,β-unsaturated/α-hetero) is 1. The minimum atomic E-state index is -4.03. The number of nitrogens with zero attached hydrogens (tertiary/aromatic N) is 1. The number of nitrogens with one attached hydrogen (secondary N) is 1. The van der Waals surface area contributed by atoms with Gasteiger partial charge in [0.05, 0.1) is 22.5 Å². The van der Waals surface area contributed by atoms with Crippen molar-refractivity contribution in [2.45, 2.75) is 50.0 Å². The molecule has 0 saturated heterocycles. The smallest absolute Gasteiger partial charge is 0.265 e. The molecule has 1 aliphatic heterocycles. The second kappa shape index (κ2) is 8.56. The summed E-state index contributed by atoms with van der Waals surface area (Å²) in [4.78, 5) is 13.4. The molecule has 7 heteroatoms. The monoisotopic (exact) mass is 462 g/mol. The molecule has 0 amide bonds. The number of sulfonamides is 1. The molecule has 0 fully saturated rings. The van der Waals surface area contributed by atoms with Crippen molar-refractivity contribution in [3.05, 3.63) is 89.5 Å². The number of ketones is 1. The Hall–Kier alpha value is -3.32. The highest BCUT2D eigenvalue weighted by molar-refractivity contribution is 7.92. The molecule has 2 aromatic carbocycles. The Morgan fingerprint density at radius 2 is 1.82 bits per heavy atom. The first-order chi connectivity index (χ1) is 16.0. The highest BCUT2D eigenvalue weighted by atomic mass is 32.2. The summed E-state index contributed by atoms with van der Waals surface area (Å²) in [5, 5.41) is 3.37. The number of rotatable bonds is 5. The molecule has 0 spiro atoms. The first-order valence-electron chi connectivity index (χ1n) is 11.3. The van der Waals surface area contributed by atoms with Crippen LogP contribution >= 0.6 is 0 Å². The lowest BCUT2D eigenvalue weighted by Crippen LogP contribution is -2.37. The van der Waals surface area contributed by atoms with Crippen LogP contribution in [0.2, 0.25) is 0 Å². The van der Waals surface area contributed by atoms with Crippen molar-refractivity contribution in [1.29, 1.82) is 0 Å². The number of benzene rings is 2. The van der Waals surface area contributed by atoms with Crippen molar-refractivity contribution in [3.63, 3.8) is 0 Å². The van der Waals surface area contributed by atoms with Gasteiger partial charge in [-0.15, -0.1) is 0 Å². The number of carbonyl (C=O) groups excluding carboxylic acids is 1. The van der Waals surface area contributed by atoms with E-state index in [2.05, 4.69) is 12.2 Å². The fourth-order valence-electron chi connectivity index (χ4n) is 4.70. The van der Waals surface area contributed by atoms with Gasteiger partial charge in [0, 0.05) is 17.7 Å². The molecule has 170 valence electrons. The molecule has 0 saturated carbocycles. The van der Waals surface area contributed by atoms with Gasteiger partial charge in [0.1, 0.15) is 11.8 Å². The molecule has 1 N–H and O–H groups in total. The molecular formula is C26H26N2O4S. The molecule has 2 aliphatic rings. The molecule has 3 aromatic rings. The van der Waals surface area contributed by atoms with Crippen molar-refractivity contribution in [3.8, 4) is 0 Å². The predicted octanol–water partition coefficient (Wildman–Crippen LogP) is 5.60. The fourth-order valence-corrected chi connectivity index (χ4v) is 6.32. The maximum absolute atomic E-state index is 14.2. The van der Waals surface area contributed by atoms with Crippen LogP contribution in [-0.2, 0) is 21.2 Å². The summed E-state index contributed by atoms with van der Waals surface area (Å²) in [5.74, 6) is 0.360. The number of aryl methyl sites for hydroxylation is 1. The topological polar surface area (TPSA) is 79.6 Å². The number of allylic oxidation sites excluding steroid dienone is 1. The van der Waals surface area contributed by atoms with Crippen LogP contribution in [0.25, 0.3) is 0 Å². The van der Waals surface area contributed by atoms with Crippen molar-refractivity contribution >= 4 is 27.2 Å². The van der Waals surface area contributed by atoms with Gasteiger partial charge in [0.25, 0.3) is 10.0 Å². The normalized spacial score (nSPS) is 18.4. The Morgan fingerprint density at radius 1 is 1.03 bits per heavy atom. The number of hydrogen-bond acceptors (Lipinski definition) is 5. The molecule has 0 bridgehead atoms. The average molecular weight is 463 g/mol. The molecular weight excluding hydrogens is 436 g/mol. The van der Waals surface area contributed by atoms with Crippen LogP contribution in [-0.4, -0.2) is 14.2 Å². The summed E-state index contributed by atoms with van der Waals surface area (Å²) in [5.41, 5.74) is 3.44. The standard InChI is InChI=1S/C26H26N2O4S/c1-2-7-18-13-15-19(16-14-18)33(30,31)28-22-10-4-3-8-20(22)27-21-9-5-11-23(29)25(21)26(28)24-12-6-17-32-24/h3-4,6,8,10,12-17,26-27H,2,5,7,9,11H2,1H3. The maximum atomic E-state index is 14.2. The molecule has 1 aliphatic carbocycles. The largest absolute Gasteiger partial charge is 0.467 e. The molecule has 33 heavy (non-hydrogen) atoms. The van der Waals surface area contributed by atoms with Crippen LogP contribution in [0.15, 0.2) is 87.5 Å². The van der Waals surface area contributed by atoms with Gasteiger partial charge in [0.2, 0.25) is 0 Å². The quantitative estimate of drug-likeness (QED) is 0.534. The Bertz CT molecular complexity index is 1310. The molecule has 0 radical (unpaired) electrons. The summed E-state index contributed by atoms with van der Waals surface area (Å²) in [7, 11) is -4.03. The number of fused-ring (bicyclic) bond motifs is 1. The van der Waals surface area contributed by atoms with Gasteiger partial charge in [-0.05, 0) is 61.2 Å². The lowest BCUT2D eigenvalue weighted by molar-refractivity contribution is -0.116. The van der Waals surface area contributed by atoms with E-state index in [1.54, 1.807) is 36.4 Å². The van der Waals surface area contributed by atoms with Gasteiger partial charge in [-0.2, -0.15) is 0 Å². The average Bonchev–Trinajstić information content (AvgIpc) is 3.29. The summed E-state index contributed by atoms with van der Waals surface area (Å²) < 4.78 is 35.5. The summed E-state index contributed by atoms with van der Waals surface area (Å²) >= 11 is 0. The number of anilines is 2. The predicted molar refractivity (Wildman–Crippen MR) is 127 cm³/mol. The van der Waals surface area contributed by atoms with Crippen molar-refractivity contribution < 1.29 is 17.6 Å². The van der Waals surface area contributed by atoms with Crippen molar-refractivity contribution in [2.75, 3.05) is 9.62 Å². The van der Waals surface area contributed by atoms with Gasteiger partial charge in [-0.1, -0.05) is 37.6 Å². The molecule has 1 unspecified atom stereocenters. The number of para-hydroxylation sites is 2. The summed E-state index contributed by atoms with van der Waals surface area (Å²) in [6.45, 7) is 2.09. The molecule has 5 rings (SSSR count). The third kappa shape index (κ3) is 3.76. The van der Waals surface area contributed by atoms with Crippen LogP contribution in [0.3, 0.4) is 0 Å². The van der Waals surface area contributed by atoms with Crippen LogP contribution in [0.1, 0.15) is 50.0 Å². The first-order valence-corrected chi connectivity index (χ1v) is 12.7. The minimum Gasteiger partial charge on any atom is -0.467 e. The Kier molecular flexibility index (Phi) is 5.58. The maximum Gasteiger partial charge on any atom is 0.265 e. The third-order valence-corrected chi connectivity index (χ3v) is 8.02. The van der Waals surface area contributed by atoms with Gasteiger partial charge in [-0.3, -0.25) is 4.79 Å². The van der Waals surface area contributed by atoms with E-state index in [9.17, 15) is 13.2 Å². The Morgan fingerprint density at radius 3 is 2.55 bits per heavy atom. The first kappa shape index (κ1) is 21.5. The van der Waals surface area contributed by atoms with E-state index in [1.165, 1.54) is 10.6 Å².